The molecule has 0 unspecified atom stereocenters. The first-order chi connectivity index (χ1) is 16.5. The molecule has 0 radical (unpaired) electrons. The van der Waals surface area contributed by atoms with E-state index in [-0.39, 0.29) is 19.0 Å². The number of hydrogen-bond donors (Lipinski definition) is 0. The minimum Gasteiger partial charge on any atom is -0.463 e. The molecule has 0 saturated carbocycles. The van der Waals surface area contributed by atoms with Gasteiger partial charge in [0.2, 0.25) is 6.79 Å². The topological polar surface area (TPSA) is 79.1 Å². The Morgan fingerprint density at radius 1 is 1.18 bits per heavy atom. The van der Waals surface area contributed by atoms with Crippen molar-refractivity contribution < 1.29 is 19.0 Å². The summed E-state index contributed by atoms with van der Waals surface area (Å²) in [6.45, 7) is 3.94. The van der Waals surface area contributed by atoms with Crippen LogP contribution in [0.15, 0.2) is 75.7 Å². The van der Waals surface area contributed by atoms with E-state index in [1.54, 1.807) is 24.5 Å². The van der Waals surface area contributed by atoms with Gasteiger partial charge in [-0.05, 0) is 43.2 Å². The van der Waals surface area contributed by atoms with Crippen LogP contribution < -0.4 is 24.4 Å². The summed E-state index contributed by atoms with van der Waals surface area (Å²) >= 11 is 1.28. The fourth-order valence-electron chi connectivity index (χ4n) is 3.94. The maximum Gasteiger partial charge on any atom is 0.338 e. The molecule has 0 spiro atoms. The zero-order valence-electron chi connectivity index (χ0n) is 18.7. The van der Waals surface area contributed by atoms with Crippen molar-refractivity contribution in [1.29, 1.82) is 0 Å². The van der Waals surface area contributed by atoms with Gasteiger partial charge in [-0.3, -0.25) is 9.36 Å². The highest BCUT2D eigenvalue weighted by atomic mass is 32.1. The first-order valence-corrected chi connectivity index (χ1v) is 11.7. The normalized spacial score (nSPS) is 17.1. The summed E-state index contributed by atoms with van der Waals surface area (Å²) in [6, 6.07) is 14.6. The second-order valence-electron chi connectivity index (χ2n) is 7.73. The lowest BCUT2D eigenvalue weighted by Crippen LogP contribution is -2.38. The molecule has 0 saturated heterocycles. The molecule has 0 bridgehead atoms. The molecule has 5 rings (SSSR count). The first kappa shape index (κ1) is 21.9. The fraction of sp³-hybridized carbons (Fsp3) is 0.192. The molecular weight excluding hydrogens is 452 g/mol. The summed E-state index contributed by atoms with van der Waals surface area (Å²) in [5.41, 5.74) is 2.45. The van der Waals surface area contributed by atoms with Crippen molar-refractivity contribution in [3.05, 3.63) is 96.7 Å². The summed E-state index contributed by atoms with van der Waals surface area (Å²) < 4.78 is 18.2. The van der Waals surface area contributed by atoms with Gasteiger partial charge in [0.1, 0.15) is 0 Å². The van der Waals surface area contributed by atoms with Crippen molar-refractivity contribution in [3.8, 4) is 11.5 Å². The lowest BCUT2D eigenvalue weighted by atomic mass is 10.0. The van der Waals surface area contributed by atoms with E-state index in [0.717, 1.165) is 11.1 Å². The number of carbonyl (C=O) groups excluding carboxylic acids is 1. The van der Waals surface area contributed by atoms with E-state index < -0.39 is 12.0 Å². The molecule has 0 aliphatic carbocycles. The molecule has 172 valence electrons. The highest BCUT2D eigenvalue weighted by molar-refractivity contribution is 7.07. The Morgan fingerprint density at radius 3 is 2.76 bits per heavy atom. The van der Waals surface area contributed by atoms with Crippen LogP contribution in [-0.2, 0) is 9.53 Å². The largest absolute Gasteiger partial charge is 0.463 e. The van der Waals surface area contributed by atoms with E-state index >= 15 is 0 Å². The lowest BCUT2D eigenvalue weighted by molar-refractivity contribution is -0.139. The number of fused-ring (bicyclic) bond motifs is 2. The number of benzene rings is 2. The molecular formula is C26H22N2O5S. The van der Waals surface area contributed by atoms with E-state index in [1.165, 1.54) is 11.3 Å². The van der Waals surface area contributed by atoms with Crippen LogP contribution in [0.25, 0.3) is 12.2 Å². The summed E-state index contributed by atoms with van der Waals surface area (Å²) in [6.07, 6.45) is 5.55. The summed E-state index contributed by atoms with van der Waals surface area (Å²) in [4.78, 5) is 31.5. The quantitative estimate of drug-likeness (QED) is 0.531. The SMILES string of the molecule is CCOC(=O)C1=C(C)N=c2sc(=Cc3ccc4c(c3)OCO4)c(=O)n2[C@H]1/C=C/c1ccccc1. The molecule has 2 aliphatic heterocycles. The zero-order chi connectivity index (χ0) is 23.7. The van der Waals surface area contributed by atoms with Gasteiger partial charge in [0.25, 0.3) is 5.56 Å². The average molecular weight is 475 g/mol. The van der Waals surface area contributed by atoms with Gasteiger partial charge in [-0.25, -0.2) is 9.79 Å². The maximum absolute atomic E-state index is 13.5. The molecule has 0 amide bonds. The van der Waals surface area contributed by atoms with Gasteiger partial charge in [-0.15, -0.1) is 0 Å². The molecule has 8 heteroatoms. The van der Waals surface area contributed by atoms with E-state index in [4.69, 9.17) is 14.2 Å². The highest BCUT2D eigenvalue weighted by Gasteiger charge is 2.30. The molecule has 0 N–H and O–H groups in total. The van der Waals surface area contributed by atoms with E-state index in [1.807, 2.05) is 60.7 Å². The van der Waals surface area contributed by atoms with Crippen molar-refractivity contribution in [1.82, 2.24) is 4.57 Å². The van der Waals surface area contributed by atoms with Gasteiger partial charge in [-0.1, -0.05) is 59.9 Å². The molecule has 7 nitrogen and oxygen atoms in total. The van der Waals surface area contributed by atoms with Crippen LogP contribution in [0.3, 0.4) is 0 Å². The molecule has 2 aromatic carbocycles. The zero-order valence-corrected chi connectivity index (χ0v) is 19.5. The molecule has 3 heterocycles. The maximum atomic E-state index is 13.5. The standard InChI is InChI=1S/C26H22N2O5S/c1-3-31-25(30)23-16(2)27-26-28(19(23)11-9-17-7-5-4-6-8-17)24(29)22(34-26)14-18-10-12-20-21(13-18)33-15-32-20/h4-14,19H,3,15H2,1-2H3/b11-9+,22-14?/t19-/m0/s1. The van der Waals surface area contributed by atoms with Crippen molar-refractivity contribution in [2.75, 3.05) is 13.4 Å². The van der Waals surface area contributed by atoms with Gasteiger partial charge in [0.15, 0.2) is 16.3 Å². The van der Waals surface area contributed by atoms with E-state index in [0.29, 0.717) is 32.1 Å². The monoisotopic (exact) mass is 474 g/mol. The van der Waals surface area contributed by atoms with Crippen LogP contribution in [0.1, 0.15) is 31.0 Å². The Kier molecular flexibility index (Phi) is 5.90. The fourth-order valence-corrected chi connectivity index (χ4v) is 4.99. The third-order valence-electron chi connectivity index (χ3n) is 5.52. The molecule has 3 aromatic rings. The highest BCUT2D eigenvalue weighted by Crippen LogP contribution is 2.32. The van der Waals surface area contributed by atoms with E-state index in [2.05, 4.69) is 4.99 Å². The predicted molar refractivity (Wildman–Crippen MR) is 129 cm³/mol. The predicted octanol–water partition coefficient (Wildman–Crippen LogP) is 3.19. The minimum absolute atomic E-state index is 0.185. The number of rotatable bonds is 5. The summed E-state index contributed by atoms with van der Waals surface area (Å²) in [7, 11) is 0. The van der Waals surface area contributed by atoms with Gasteiger partial charge in [0, 0.05) is 0 Å². The third-order valence-corrected chi connectivity index (χ3v) is 6.51. The van der Waals surface area contributed by atoms with Crippen LogP contribution in [0.4, 0.5) is 0 Å². The van der Waals surface area contributed by atoms with Crippen LogP contribution >= 0.6 is 11.3 Å². The van der Waals surface area contributed by atoms with Gasteiger partial charge in [-0.2, -0.15) is 0 Å². The number of allylic oxidation sites excluding steroid dienone is 2. The number of aromatic nitrogens is 1. The number of esters is 1. The van der Waals surface area contributed by atoms with Crippen LogP contribution in [0.5, 0.6) is 11.5 Å². The van der Waals surface area contributed by atoms with Gasteiger partial charge < -0.3 is 14.2 Å². The van der Waals surface area contributed by atoms with Gasteiger partial charge in [0.05, 0.1) is 28.5 Å². The van der Waals surface area contributed by atoms with Crippen molar-refractivity contribution >= 4 is 29.5 Å². The Labute approximate surface area is 199 Å². The number of hydrogen-bond acceptors (Lipinski definition) is 7. The number of thiazole rings is 1. The van der Waals surface area contributed by atoms with Crippen molar-refractivity contribution in [3.63, 3.8) is 0 Å². The summed E-state index contributed by atoms with van der Waals surface area (Å²) in [5.74, 6) is 0.849. The second kappa shape index (κ2) is 9.15. The summed E-state index contributed by atoms with van der Waals surface area (Å²) in [5, 5.41) is 0. The van der Waals surface area contributed by atoms with E-state index in [9.17, 15) is 9.59 Å². The van der Waals surface area contributed by atoms with Crippen LogP contribution in [0.2, 0.25) is 0 Å². The third kappa shape index (κ3) is 4.08. The van der Waals surface area contributed by atoms with Gasteiger partial charge >= 0.3 is 5.97 Å². The number of ether oxygens (including phenoxy) is 3. The second-order valence-corrected chi connectivity index (χ2v) is 8.74. The van der Waals surface area contributed by atoms with Crippen LogP contribution in [-0.4, -0.2) is 23.9 Å². The Hall–Kier alpha value is -3.91. The molecule has 1 aromatic heterocycles. The Balaban J connectivity index is 1.63. The van der Waals surface area contributed by atoms with Crippen molar-refractivity contribution in [2.24, 2.45) is 4.99 Å². The number of nitrogens with zero attached hydrogens (tertiary/aromatic N) is 2. The van der Waals surface area contributed by atoms with Crippen LogP contribution in [0, 0.1) is 0 Å². The van der Waals surface area contributed by atoms with Crippen molar-refractivity contribution in [2.45, 2.75) is 19.9 Å². The number of carbonyl (C=O) groups is 1. The minimum atomic E-state index is -0.630. The molecule has 2 aliphatic rings. The molecule has 0 fully saturated rings. The smallest absolute Gasteiger partial charge is 0.338 e. The molecule has 34 heavy (non-hydrogen) atoms. The lowest BCUT2D eigenvalue weighted by Gasteiger charge is -2.21. The average Bonchev–Trinajstić information content (AvgIpc) is 3.42. The Bertz CT molecular complexity index is 1500. The Morgan fingerprint density at radius 2 is 1.97 bits per heavy atom. The molecule has 1 atom stereocenters. The first-order valence-electron chi connectivity index (χ1n) is 10.9.